The van der Waals surface area contributed by atoms with Crippen molar-refractivity contribution in [2.45, 2.75) is 0 Å². The predicted molar refractivity (Wildman–Crippen MR) is 90.7 cm³/mol. The summed E-state index contributed by atoms with van der Waals surface area (Å²) in [7, 11) is 0. The van der Waals surface area contributed by atoms with E-state index in [1.807, 2.05) is 6.07 Å². The molecule has 2 aromatic rings. The summed E-state index contributed by atoms with van der Waals surface area (Å²) in [5.74, 6) is -1.52. The van der Waals surface area contributed by atoms with E-state index in [4.69, 9.17) is 12.2 Å². The van der Waals surface area contributed by atoms with E-state index in [1.165, 1.54) is 40.9 Å². The molecule has 0 bridgehead atoms. The Hall–Kier alpha value is -2.51. The van der Waals surface area contributed by atoms with E-state index in [2.05, 4.69) is 4.98 Å². The standard InChI is InChI=1S/C16H10N2O3S2/c19-14-13(9-11-3-1-2-8-17-11)23-16(22)18(14)12-6-4-10(5-7-12)15(20)21/h1-9H,(H,20,21)/p-1/b13-9+. The van der Waals surface area contributed by atoms with Gasteiger partial charge in [0.2, 0.25) is 0 Å². The van der Waals surface area contributed by atoms with Gasteiger partial charge in [-0.3, -0.25) is 14.7 Å². The van der Waals surface area contributed by atoms with E-state index >= 15 is 0 Å². The number of rotatable bonds is 3. The molecule has 0 spiro atoms. The van der Waals surface area contributed by atoms with Gasteiger partial charge in [0.1, 0.15) is 0 Å². The first-order valence-electron chi connectivity index (χ1n) is 6.56. The summed E-state index contributed by atoms with van der Waals surface area (Å²) in [6, 6.07) is 11.2. The summed E-state index contributed by atoms with van der Waals surface area (Å²) in [5.41, 5.74) is 1.23. The Morgan fingerprint density at radius 3 is 2.57 bits per heavy atom. The van der Waals surface area contributed by atoms with Crippen LogP contribution < -0.4 is 10.0 Å². The molecular weight excluding hydrogens is 332 g/mol. The van der Waals surface area contributed by atoms with E-state index in [1.54, 1.807) is 24.4 Å². The molecule has 23 heavy (non-hydrogen) atoms. The molecule has 0 unspecified atom stereocenters. The van der Waals surface area contributed by atoms with Crippen molar-refractivity contribution in [1.29, 1.82) is 0 Å². The van der Waals surface area contributed by atoms with Gasteiger partial charge in [-0.25, -0.2) is 0 Å². The van der Waals surface area contributed by atoms with Crippen molar-refractivity contribution in [1.82, 2.24) is 4.98 Å². The fourth-order valence-corrected chi connectivity index (χ4v) is 3.32. The number of nitrogens with zero attached hydrogens (tertiary/aromatic N) is 2. The maximum absolute atomic E-state index is 12.5. The molecule has 1 aliphatic heterocycles. The molecule has 1 aromatic heterocycles. The molecule has 1 aromatic carbocycles. The van der Waals surface area contributed by atoms with Crippen LogP contribution in [0.15, 0.2) is 53.6 Å². The average molecular weight is 341 g/mol. The molecule has 3 rings (SSSR count). The second-order valence-corrected chi connectivity index (χ2v) is 6.28. The zero-order chi connectivity index (χ0) is 16.4. The van der Waals surface area contributed by atoms with Crippen LogP contribution in [0.25, 0.3) is 6.08 Å². The number of aromatic carboxylic acids is 1. The van der Waals surface area contributed by atoms with Crippen LogP contribution in [0.3, 0.4) is 0 Å². The maximum atomic E-state index is 12.5. The molecule has 1 fully saturated rings. The molecule has 0 N–H and O–H groups in total. The summed E-state index contributed by atoms with van der Waals surface area (Å²) < 4.78 is 0.387. The van der Waals surface area contributed by atoms with Crippen LogP contribution in [-0.2, 0) is 4.79 Å². The number of hydrogen-bond acceptors (Lipinski definition) is 6. The highest BCUT2D eigenvalue weighted by molar-refractivity contribution is 8.27. The Kier molecular flexibility index (Phi) is 4.22. The minimum atomic E-state index is -1.27. The van der Waals surface area contributed by atoms with Gasteiger partial charge in [-0.1, -0.05) is 42.2 Å². The summed E-state index contributed by atoms with van der Waals surface area (Å²) in [5, 5.41) is 10.8. The van der Waals surface area contributed by atoms with Crippen molar-refractivity contribution in [2.24, 2.45) is 0 Å². The molecule has 0 atom stereocenters. The van der Waals surface area contributed by atoms with E-state index in [9.17, 15) is 14.7 Å². The molecule has 114 valence electrons. The van der Waals surface area contributed by atoms with Gasteiger partial charge in [0.15, 0.2) is 4.32 Å². The highest BCUT2D eigenvalue weighted by Crippen LogP contribution is 2.35. The van der Waals surface area contributed by atoms with Gasteiger partial charge in [0.05, 0.1) is 22.3 Å². The minimum Gasteiger partial charge on any atom is -0.545 e. The fourth-order valence-electron chi connectivity index (χ4n) is 2.03. The van der Waals surface area contributed by atoms with Crippen LogP contribution in [0.2, 0.25) is 0 Å². The zero-order valence-electron chi connectivity index (χ0n) is 11.6. The van der Waals surface area contributed by atoms with Crippen molar-refractivity contribution in [2.75, 3.05) is 4.90 Å². The third kappa shape index (κ3) is 3.15. The average Bonchev–Trinajstić information content (AvgIpc) is 2.82. The first kappa shape index (κ1) is 15.4. The molecule has 0 radical (unpaired) electrons. The Labute approximate surface area is 141 Å². The fraction of sp³-hybridized carbons (Fsp3) is 0. The number of thiocarbonyl (C=S) groups is 1. The first-order chi connectivity index (χ1) is 11.1. The number of benzene rings is 1. The lowest BCUT2D eigenvalue weighted by molar-refractivity contribution is -0.255. The third-order valence-corrected chi connectivity index (χ3v) is 4.42. The number of pyridine rings is 1. The van der Waals surface area contributed by atoms with Gasteiger partial charge in [-0.05, 0) is 35.9 Å². The number of hydrogen-bond donors (Lipinski definition) is 0. The number of carboxylic acid groups (broad SMARTS) is 1. The number of aromatic nitrogens is 1. The maximum Gasteiger partial charge on any atom is 0.270 e. The van der Waals surface area contributed by atoms with Gasteiger partial charge >= 0.3 is 0 Å². The SMILES string of the molecule is O=C([O-])c1ccc(N2C(=O)/C(=C\c3ccccn3)SC2=S)cc1. The topological polar surface area (TPSA) is 73.3 Å². The van der Waals surface area contributed by atoms with Crippen LogP contribution in [0.1, 0.15) is 16.1 Å². The number of carbonyl (C=O) groups is 2. The summed E-state index contributed by atoms with van der Waals surface area (Å²) in [6.45, 7) is 0. The highest BCUT2D eigenvalue weighted by Gasteiger charge is 2.33. The number of amides is 1. The second-order valence-electron chi connectivity index (χ2n) is 4.61. The molecule has 0 aliphatic carbocycles. The van der Waals surface area contributed by atoms with E-state index in [-0.39, 0.29) is 11.5 Å². The summed E-state index contributed by atoms with van der Waals surface area (Å²) in [6.07, 6.45) is 3.32. The van der Waals surface area contributed by atoms with Gasteiger partial charge in [0, 0.05) is 6.20 Å². The number of anilines is 1. The summed E-state index contributed by atoms with van der Waals surface area (Å²) >= 11 is 6.44. The number of carbonyl (C=O) groups excluding carboxylic acids is 2. The van der Waals surface area contributed by atoms with Gasteiger partial charge in [-0.15, -0.1) is 0 Å². The predicted octanol–water partition coefficient (Wildman–Crippen LogP) is 1.85. The van der Waals surface area contributed by atoms with Gasteiger partial charge < -0.3 is 9.90 Å². The normalized spacial score (nSPS) is 16.2. The smallest absolute Gasteiger partial charge is 0.270 e. The first-order valence-corrected chi connectivity index (χ1v) is 7.79. The lowest BCUT2D eigenvalue weighted by Crippen LogP contribution is -2.28. The molecule has 1 saturated heterocycles. The molecule has 1 aliphatic rings. The minimum absolute atomic E-state index is 0.0446. The van der Waals surface area contributed by atoms with Crippen molar-refractivity contribution >= 4 is 51.9 Å². The Morgan fingerprint density at radius 1 is 1.22 bits per heavy atom. The quantitative estimate of drug-likeness (QED) is 0.627. The van der Waals surface area contributed by atoms with Gasteiger partial charge in [0.25, 0.3) is 5.91 Å². The van der Waals surface area contributed by atoms with Crippen molar-refractivity contribution in [3.05, 3.63) is 64.8 Å². The van der Waals surface area contributed by atoms with Gasteiger partial charge in [-0.2, -0.15) is 0 Å². The lowest BCUT2D eigenvalue weighted by Gasteiger charge is -2.15. The Bertz CT molecular complexity index is 817. The monoisotopic (exact) mass is 341 g/mol. The molecule has 2 heterocycles. The molecular formula is C16H9N2O3S2-. The van der Waals surface area contributed by atoms with Crippen molar-refractivity contribution in [3.63, 3.8) is 0 Å². The van der Waals surface area contributed by atoms with Crippen LogP contribution in [0.5, 0.6) is 0 Å². The molecule has 5 nitrogen and oxygen atoms in total. The van der Waals surface area contributed by atoms with E-state index in [0.717, 1.165) is 0 Å². The van der Waals surface area contributed by atoms with Crippen LogP contribution in [0, 0.1) is 0 Å². The zero-order valence-corrected chi connectivity index (χ0v) is 13.3. The highest BCUT2D eigenvalue weighted by atomic mass is 32.2. The lowest BCUT2D eigenvalue weighted by atomic mass is 10.2. The van der Waals surface area contributed by atoms with Crippen LogP contribution in [0.4, 0.5) is 5.69 Å². The van der Waals surface area contributed by atoms with Crippen molar-refractivity contribution < 1.29 is 14.7 Å². The number of thioether (sulfide) groups is 1. The Morgan fingerprint density at radius 2 is 1.96 bits per heavy atom. The molecule has 1 amide bonds. The van der Waals surface area contributed by atoms with Crippen LogP contribution >= 0.6 is 24.0 Å². The summed E-state index contributed by atoms with van der Waals surface area (Å²) in [4.78, 5) is 29.3. The molecule has 7 heteroatoms. The van der Waals surface area contributed by atoms with E-state index in [0.29, 0.717) is 20.6 Å². The van der Waals surface area contributed by atoms with Crippen LogP contribution in [-0.4, -0.2) is 21.2 Å². The third-order valence-electron chi connectivity index (χ3n) is 3.12. The molecule has 0 saturated carbocycles. The number of carboxylic acids is 1. The van der Waals surface area contributed by atoms with E-state index < -0.39 is 5.97 Å². The largest absolute Gasteiger partial charge is 0.545 e. The second kappa shape index (κ2) is 6.31. The van der Waals surface area contributed by atoms with Crippen molar-refractivity contribution in [3.8, 4) is 0 Å². The Balaban J connectivity index is 1.90.